The van der Waals surface area contributed by atoms with Crippen molar-refractivity contribution in [3.05, 3.63) is 113 Å². The molecular weight excluding hydrogens is 615 g/mol. The van der Waals surface area contributed by atoms with Crippen LogP contribution in [0.25, 0.3) is 5.69 Å². The number of amides is 1. The van der Waals surface area contributed by atoms with E-state index in [0.29, 0.717) is 49.4 Å². The van der Waals surface area contributed by atoms with Crippen molar-refractivity contribution >= 4 is 15.7 Å². The summed E-state index contributed by atoms with van der Waals surface area (Å²) in [4.78, 5) is 17.3. The molecule has 1 unspecified atom stereocenters. The molecule has 238 valence electrons. The fraction of sp³-hybridized carbons (Fsp3) is 0.324. The van der Waals surface area contributed by atoms with Crippen LogP contribution in [0.1, 0.15) is 57.4 Å². The van der Waals surface area contributed by atoms with Crippen molar-refractivity contribution in [1.29, 1.82) is 5.26 Å². The highest BCUT2D eigenvalue weighted by Crippen LogP contribution is 2.42. The number of piperidine rings is 1. The van der Waals surface area contributed by atoms with Gasteiger partial charge < -0.3 is 4.90 Å². The van der Waals surface area contributed by atoms with E-state index in [4.69, 9.17) is 0 Å². The van der Waals surface area contributed by atoms with Crippen LogP contribution < -0.4 is 0 Å². The highest BCUT2D eigenvalue weighted by atomic mass is 32.2. The minimum Gasteiger partial charge on any atom is -0.332 e. The number of halogens is 3. The van der Waals surface area contributed by atoms with Gasteiger partial charge in [0.1, 0.15) is 11.9 Å². The zero-order valence-electron chi connectivity index (χ0n) is 25.1. The minimum absolute atomic E-state index is 0.00503. The molecule has 2 fully saturated rings. The molecule has 4 aromatic rings. The van der Waals surface area contributed by atoms with Crippen LogP contribution >= 0.6 is 0 Å². The van der Waals surface area contributed by atoms with Gasteiger partial charge in [-0.3, -0.25) is 9.69 Å². The summed E-state index contributed by atoms with van der Waals surface area (Å²) in [7, 11) is -3.54. The van der Waals surface area contributed by atoms with E-state index >= 15 is 8.78 Å². The molecule has 46 heavy (non-hydrogen) atoms. The van der Waals surface area contributed by atoms with Crippen LogP contribution in [0.2, 0.25) is 0 Å². The first-order valence-electron chi connectivity index (χ1n) is 15.0. The van der Waals surface area contributed by atoms with Crippen LogP contribution in [0, 0.1) is 17.1 Å². The lowest BCUT2D eigenvalue weighted by atomic mass is 9.90. The minimum atomic E-state index is -3.54. The van der Waals surface area contributed by atoms with Crippen LogP contribution in [0.4, 0.5) is 13.2 Å². The van der Waals surface area contributed by atoms with E-state index < -0.39 is 39.9 Å². The molecule has 6 rings (SSSR count). The Bertz CT molecular complexity index is 1900. The highest BCUT2D eigenvalue weighted by Gasteiger charge is 2.50. The van der Waals surface area contributed by atoms with Gasteiger partial charge >= 0.3 is 0 Å². The van der Waals surface area contributed by atoms with Crippen molar-refractivity contribution in [2.24, 2.45) is 0 Å². The largest absolute Gasteiger partial charge is 0.332 e. The lowest BCUT2D eigenvalue weighted by molar-refractivity contribution is -0.00244. The molecule has 2 aliphatic heterocycles. The van der Waals surface area contributed by atoms with E-state index in [1.54, 1.807) is 59.3 Å². The number of hydrogen-bond acceptors (Lipinski definition) is 6. The van der Waals surface area contributed by atoms with Crippen LogP contribution in [0.3, 0.4) is 0 Å². The fourth-order valence-electron chi connectivity index (χ4n) is 6.56. The maximum Gasteiger partial charge on any atom is 0.273 e. The van der Waals surface area contributed by atoms with Crippen LogP contribution in [-0.2, 0) is 16.4 Å². The third-order valence-electron chi connectivity index (χ3n) is 8.86. The number of carbonyl (C=O) groups excluding carboxylic acids is 1. The van der Waals surface area contributed by atoms with E-state index in [2.05, 4.69) is 10.00 Å². The van der Waals surface area contributed by atoms with E-state index in [-0.39, 0.29) is 28.5 Å². The SMILES string of the molecule is CS(=O)(=O)c1ccc(CN2CCC(c3c(C(=O)N4CC(c5ccccc5)C(F)(F)C4)cnn3-c3ccc(F)cc3)CC2)cc1C#N. The summed E-state index contributed by atoms with van der Waals surface area (Å²) in [6.07, 6.45) is 3.75. The summed E-state index contributed by atoms with van der Waals surface area (Å²) in [5, 5.41) is 14.0. The van der Waals surface area contributed by atoms with Crippen LogP contribution in [0.5, 0.6) is 0 Å². The average Bonchev–Trinajstić information content (AvgIpc) is 3.62. The molecule has 2 aliphatic rings. The second-order valence-electron chi connectivity index (χ2n) is 12.0. The molecule has 0 radical (unpaired) electrons. The number of nitrogens with zero attached hydrogens (tertiary/aromatic N) is 5. The van der Waals surface area contributed by atoms with Gasteiger partial charge in [0.25, 0.3) is 11.8 Å². The number of hydrogen-bond donors (Lipinski definition) is 0. The predicted octanol–water partition coefficient (Wildman–Crippen LogP) is 5.54. The molecule has 3 heterocycles. The number of benzene rings is 3. The molecule has 0 aliphatic carbocycles. The highest BCUT2D eigenvalue weighted by molar-refractivity contribution is 7.90. The number of alkyl halides is 2. The van der Waals surface area contributed by atoms with Crippen molar-refractivity contribution in [1.82, 2.24) is 19.6 Å². The van der Waals surface area contributed by atoms with Gasteiger partial charge in [-0.05, 0) is 73.5 Å². The van der Waals surface area contributed by atoms with E-state index in [1.165, 1.54) is 29.3 Å². The van der Waals surface area contributed by atoms with Crippen LogP contribution in [-0.4, -0.2) is 72.3 Å². The maximum atomic E-state index is 15.2. The normalized spacial score (nSPS) is 18.8. The number of likely N-dealkylation sites (tertiary alicyclic amines) is 2. The van der Waals surface area contributed by atoms with Crippen molar-refractivity contribution in [2.75, 3.05) is 32.4 Å². The molecule has 0 N–H and O–H groups in total. The Balaban J connectivity index is 1.25. The van der Waals surface area contributed by atoms with Gasteiger partial charge in [-0.15, -0.1) is 0 Å². The second-order valence-corrected chi connectivity index (χ2v) is 14.0. The standard InChI is InChI=1S/C34H32F3N5O3S/c1-46(44,45)31-12-7-23(17-26(31)18-38)20-40-15-13-25(14-16-40)32-29(19-39-42(32)28-10-8-27(35)9-11-28)33(43)41-21-30(34(36,37)22-41)24-5-3-2-4-6-24/h2-12,17,19,25,30H,13-16,20-22H2,1H3. The van der Waals surface area contributed by atoms with Gasteiger partial charge in [-0.2, -0.15) is 10.4 Å². The summed E-state index contributed by atoms with van der Waals surface area (Å²) >= 11 is 0. The molecule has 1 aromatic heterocycles. The Morgan fingerprint density at radius 2 is 1.74 bits per heavy atom. The smallest absolute Gasteiger partial charge is 0.273 e. The molecular formula is C34H32F3N5O3S. The molecule has 1 atom stereocenters. The van der Waals surface area contributed by atoms with Gasteiger partial charge in [0.2, 0.25) is 0 Å². The molecule has 0 spiro atoms. The van der Waals surface area contributed by atoms with E-state index in [9.17, 15) is 22.9 Å². The third kappa shape index (κ3) is 6.30. The molecule has 0 saturated carbocycles. The molecule has 8 nitrogen and oxygen atoms in total. The van der Waals surface area contributed by atoms with Crippen molar-refractivity contribution in [3.63, 3.8) is 0 Å². The first-order valence-corrected chi connectivity index (χ1v) is 16.8. The molecule has 2 saturated heterocycles. The molecule has 0 bridgehead atoms. The number of aromatic nitrogens is 2. The fourth-order valence-corrected chi connectivity index (χ4v) is 7.37. The molecule has 3 aromatic carbocycles. The summed E-state index contributed by atoms with van der Waals surface area (Å²) in [5.41, 5.74) is 2.79. The zero-order chi connectivity index (χ0) is 32.6. The van der Waals surface area contributed by atoms with Gasteiger partial charge in [0.15, 0.2) is 9.84 Å². The van der Waals surface area contributed by atoms with E-state index in [0.717, 1.165) is 11.8 Å². The quantitative estimate of drug-likeness (QED) is 0.261. The topological polar surface area (TPSA) is 99.3 Å². The number of sulfone groups is 1. The Labute approximate surface area is 265 Å². The lowest BCUT2D eigenvalue weighted by Gasteiger charge is -2.33. The Morgan fingerprint density at radius 3 is 2.39 bits per heavy atom. The lowest BCUT2D eigenvalue weighted by Crippen LogP contribution is -2.35. The first-order chi connectivity index (χ1) is 21.9. The monoisotopic (exact) mass is 647 g/mol. The van der Waals surface area contributed by atoms with Crippen LogP contribution in [0.15, 0.2) is 83.9 Å². The van der Waals surface area contributed by atoms with Crippen molar-refractivity contribution in [2.45, 2.75) is 42.0 Å². The number of rotatable bonds is 7. The zero-order valence-corrected chi connectivity index (χ0v) is 25.9. The average molecular weight is 648 g/mol. The maximum absolute atomic E-state index is 15.2. The Kier molecular flexibility index (Phi) is 8.48. The van der Waals surface area contributed by atoms with Crippen molar-refractivity contribution in [3.8, 4) is 11.8 Å². The molecule has 1 amide bonds. The second kappa shape index (κ2) is 12.4. The Hall–Kier alpha value is -4.47. The molecule has 12 heteroatoms. The number of nitriles is 1. The summed E-state index contributed by atoms with van der Waals surface area (Å²) in [6, 6.07) is 21.0. The predicted molar refractivity (Wildman–Crippen MR) is 165 cm³/mol. The summed E-state index contributed by atoms with van der Waals surface area (Å²) < 4.78 is 69.9. The van der Waals surface area contributed by atoms with E-state index in [1.807, 2.05) is 6.07 Å². The first kappa shape index (κ1) is 31.5. The van der Waals surface area contributed by atoms with Gasteiger partial charge in [0.05, 0.1) is 46.1 Å². The third-order valence-corrected chi connectivity index (χ3v) is 10.0. The van der Waals surface area contributed by atoms with Gasteiger partial charge in [0, 0.05) is 25.3 Å². The van der Waals surface area contributed by atoms with Gasteiger partial charge in [-0.25, -0.2) is 26.3 Å². The van der Waals surface area contributed by atoms with Crippen molar-refractivity contribution < 1.29 is 26.4 Å². The number of carbonyl (C=O) groups is 1. The summed E-state index contributed by atoms with van der Waals surface area (Å²) in [5.74, 6) is -5.29. The summed E-state index contributed by atoms with van der Waals surface area (Å²) in [6.45, 7) is 0.922. The van der Waals surface area contributed by atoms with Gasteiger partial charge in [-0.1, -0.05) is 36.4 Å². The Morgan fingerprint density at radius 1 is 1.04 bits per heavy atom.